The van der Waals surface area contributed by atoms with Crippen molar-refractivity contribution in [2.24, 2.45) is 10.7 Å². The summed E-state index contributed by atoms with van der Waals surface area (Å²) < 4.78 is 56.3. The fraction of sp³-hybridized carbons (Fsp3) is 0.143. The van der Waals surface area contributed by atoms with Gasteiger partial charge in [-0.3, -0.25) is 19.7 Å². The molecule has 2 N–H and O–H groups in total. The van der Waals surface area contributed by atoms with Gasteiger partial charge in [0.25, 0.3) is 12.3 Å². The molecule has 0 spiro atoms. The summed E-state index contributed by atoms with van der Waals surface area (Å²) in [6, 6.07) is 8.68. The number of carbonyl (C=O) groups excluding carboxylic acids is 1. The molecule has 31 heavy (non-hydrogen) atoms. The van der Waals surface area contributed by atoms with E-state index < -0.39 is 35.2 Å². The first kappa shape index (κ1) is 20.5. The fourth-order valence-corrected chi connectivity index (χ4v) is 3.50. The van der Waals surface area contributed by atoms with Crippen LogP contribution in [0.5, 0.6) is 0 Å². The van der Waals surface area contributed by atoms with Crippen LogP contribution < -0.4 is 5.73 Å². The highest BCUT2D eigenvalue weighted by molar-refractivity contribution is 6.09. The Bertz CT molecular complexity index is 1200. The molecule has 0 saturated heterocycles. The third-order valence-electron chi connectivity index (χ3n) is 5.05. The van der Waals surface area contributed by atoms with Gasteiger partial charge in [-0.1, -0.05) is 6.07 Å². The number of alkyl halides is 2. The van der Waals surface area contributed by atoms with Gasteiger partial charge < -0.3 is 5.73 Å². The van der Waals surface area contributed by atoms with Gasteiger partial charge >= 0.3 is 0 Å². The second-order valence-corrected chi connectivity index (χ2v) is 6.84. The molecule has 1 unspecified atom stereocenters. The van der Waals surface area contributed by atoms with Crippen molar-refractivity contribution in [3.05, 3.63) is 83.3 Å². The molecule has 0 saturated carbocycles. The zero-order valence-electron chi connectivity index (χ0n) is 16.1. The molecule has 4 rings (SSSR count). The molecule has 1 amide bonds. The van der Waals surface area contributed by atoms with Crippen LogP contribution in [0.3, 0.4) is 0 Å². The fourth-order valence-electron chi connectivity index (χ4n) is 3.50. The smallest absolute Gasteiger partial charge is 0.280 e. The van der Waals surface area contributed by atoms with E-state index in [9.17, 15) is 18.0 Å². The van der Waals surface area contributed by atoms with Gasteiger partial charge in [0.15, 0.2) is 11.5 Å². The Kier molecular flexibility index (Phi) is 4.92. The summed E-state index contributed by atoms with van der Waals surface area (Å²) in [5.74, 6) is -3.03. The molecule has 3 aromatic rings. The lowest BCUT2D eigenvalue weighted by Crippen LogP contribution is -2.41. The van der Waals surface area contributed by atoms with Crippen molar-refractivity contribution < 1.29 is 22.4 Å². The number of benzene rings is 1. The highest BCUT2D eigenvalue weighted by Gasteiger charge is 2.51. The van der Waals surface area contributed by atoms with Crippen molar-refractivity contribution in [2.45, 2.75) is 12.0 Å². The molecule has 10 heteroatoms. The number of pyridine rings is 2. The SMILES string of the molecule is CN1C(=O)C(c2ccnc(C(F)F)c2)(c2cc(-c3ccccn3)c(F)cc2F)N=C1N. The van der Waals surface area contributed by atoms with Gasteiger partial charge in [0.2, 0.25) is 0 Å². The molecule has 1 atom stereocenters. The minimum absolute atomic E-state index is 0.0763. The highest BCUT2D eigenvalue weighted by Crippen LogP contribution is 2.42. The van der Waals surface area contributed by atoms with Crippen LogP contribution in [0.15, 0.2) is 59.9 Å². The van der Waals surface area contributed by atoms with Crippen LogP contribution in [0.2, 0.25) is 0 Å². The lowest BCUT2D eigenvalue weighted by atomic mass is 9.81. The maximum absolute atomic E-state index is 15.1. The van der Waals surface area contributed by atoms with Crippen molar-refractivity contribution in [1.82, 2.24) is 14.9 Å². The lowest BCUT2D eigenvalue weighted by molar-refractivity contribution is -0.129. The molecule has 3 heterocycles. The maximum Gasteiger partial charge on any atom is 0.280 e. The van der Waals surface area contributed by atoms with E-state index in [2.05, 4.69) is 15.0 Å². The van der Waals surface area contributed by atoms with Crippen LogP contribution in [0.4, 0.5) is 17.6 Å². The molecule has 1 aromatic carbocycles. The highest BCUT2D eigenvalue weighted by atomic mass is 19.3. The predicted molar refractivity (Wildman–Crippen MR) is 104 cm³/mol. The molecule has 0 fully saturated rings. The van der Waals surface area contributed by atoms with Crippen LogP contribution in [0.1, 0.15) is 23.2 Å². The Morgan fingerprint density at radius 3 is 2.42 bits per heavy atom. The topological polar surface area (TPSA) is 84.5 Å². The van der Waals surface area contributed by atoms with Crippen molar-refractivity contribution in [3.63, 3.8) is 0 Å². The summed E-state index contributed by atoms with van der Waals surface area (Å²) in [5.41, 5.74) is 2.75. The Morgan fingerprint density at radius 2 is 1.81 bits per heavy atom. The van der Waals surface area contributed by atoms with Crippen molar-refractivity contribution in [3.8, 4) is 11.3 Å². The summed E-state index contributed by atoms with van der Waals surface area (Å²) in [6.45, 7) is 0. The molecule has 6 nitrogen and oxygen atoms in total. The second kappa shape index (κ2) is 7.46. The molecule has 158 valence electrons. The average molecular weight is 429 g/mol. The number of likely N-dealkylation sites (N-methyl/N-ethyl adjacent to an activating group) is 1. The van der Waals surface area contributed by atoms with E-state index in [0.29, 0.717) is 6.07 Å². The Labute approximate surface area is 174 Å². The molecule has 2 aromatic heterocycles. The number of nitrogens with two attached hydrogens (primary N) is 1. The second-order valence-electron chi connectivity index (χ2n) is 6.84. The largest absolute Gasteiger partial charge is 0.369 e. The van der Waals surface area contributed by atoms with Crippen LogP contribution in [0.25, 0.3) is 11.3 Å². The zero-order valence-corrected chi connectivity index (χ0v) is 16.1. The molecule has 1 aliphatic heterocycles. The number of rotatable bonds is 4. The Hall–Kier alpha value is -3.82. The third kappa shape index (κ3) is 3.20. The lowest BCUT2D eigenvalue weighted by Gasteiger charge is -2.27. The van der Waals surface area contributed by atoms with E-state index in [4.69, 9.17) is 5.73 Å². The van der Waals surface area contributed by atoms with E-state index in [1.165, 1.54) is 25.4 Å². The molecular weight excluding hydrogens is 414 g/mol. The quantitative estimate of drug-likeness (QED) is 0.645. The number of amides is 1. The monoisotopic (exact) mass is 429 g/mol. The van der Waals surface area contributed by atoms with Gasteiger partial charge in [0.05, 0.1) is 5.69 Å². The average Bonchev–Trinajstić information content (AvgIpc) is 2.99. The number of nitrogens with zero attached hydrogens (tertiary/aromatic N) is 4. The number of carbonyl (C=O) groups is 1. The van der Waals surface area contributed by atoms with Crippen LogP contribution >= 0.6 is 0 Å². The predicted octanol–water partition coefficient (Wildman–Crippen LogP) is 3.39. The first-order chi connectivity index (χ1) is 14.8. The Morgan fingerprint density at radius 1 is 1.03 bits per heavy atom. The van der Waals surface area contributed by atoms with Crippen LogP contribution in [0, 0.1) is 11.6 Å². The summed E-state index contributed by atoms with van der Waals surface area (Å²) >= 11 is 0. The number of hydrogen-bond donors (Lipinski definition) is 1. The van der Waals surface area contributed by atoms with Gasteiger partial charge in [-0.05, 0) is 35.9 Å². The van der Waals surface area contributed by atoms with Crippen molar-refractivity contribution >= 4 is 11.9 Å². The third-order valence-corrected chi connectivity index (χ3v) is 5.05. The van der Waals surface area contributed by atoms with E-state index >= 15 is 4.39 Å². The summed E-state index contributed by atoms with van der Waals surface area (Å²) in [5, 5.41) is 0. The Balaban J connectivity index is 2.03. The number of aliphatic imine (C=N–C) groups is 1. The van der Waals surface area contributed by atoms with Gasteiger partial charge in [0, 0.05) is 36.6 Å². The van der Waals surface area contributed by atoms with E-state index in [1.54, 1.807) is 12.1 Å². The number of halogens is 4. The number of aromatic nitrogens is 2. The van der Waals surface area contributed by atoms with Crippen LogP contribution in [-0.2, 0) is 10.3 Å². The molecular formula is C21H15F4N5O. The van der Waals surface area contributed by atoms with E-state index in [-0.39, 0.29) is 28.3 Å². The molecule has 0 bridgehead atoms. The molecule has 0 radical (unpaired) electrons. The van der Waals surface area contributed by atoms with Gasteiger partial charge in [-0.2, -0.15) is 0 Å². The minimum Gasteiger partial charge on any atom is -0.369 e. The standard InChI is InChI=1S/C21H15F4N5O/c1-30-19(31)21(29-20(30)26,11-5-7-28-17(8-11)18(24)25)13-9-12(14(22)10-15(13)23)16-4-2-3-6-27-16/h2-10,18H,1H3,(H2,26,29). The number of hydrogen-bond acceptors (Lipinski definition) is 5. The summed E-state index contributed by atoms with van der Waals surface area (Å²) in [7, 11) is 1.32. The summed E-state index contributed by atoms with van der Waals surface area (Å²) in [6.07, 6.45) is -0.442. The minimum atomic E-state index is -2.94. The van der Waals surface area contributed by atoms with E-state index in [1.807, 2.05) is 0 Å². The maximum atomic E-state index is 15.1. The van der Waals surface area contributed by atoms with Gasteiger partial charge in [0.1, 0.15) is 17.3 Å². The zero-order chi connectivity index (χ0) is 22.3. The summed E-state index contributed by atoms with van der Waals surface area (Å²) in [4.78, 5) is 26.0. The van der Waals surface area contributed by atoms with Crippen LogP contribution in [-0.4, -0.2) is 33.8 Å². The van der Waals surface area contributed by atoms with Gasteiger partial charge in [-0.15, -0.1) is 0 Å². The van der Waals surface area contributed by atoms with Crippen molar-refractivity contribution in [1.29, 1.82) is 0 Å². The van der Waals surface area contributed by atoms with Crippen molar-refractivity contribution in [2.75, 3.05) is 7.05 Å². The molecule has 1 aliphatic rings. The first-order valence-corrected chi connectivity index (χ1v) is 9.04. The first-order valence-electron chi connectivity index (χ1n) is 9.04. The molecule has 0 aliphatic carbocycles. The van der Waals surface area contributed by atoms with Gasteiger partial charge in [-0.25, -0.2) is 22.6 Å². The number of guanidine groups is 1. The normalized spacial score (nSPS) is 18.6. The van der Waals surface area contributed by atoms with E-state index in [0.717, 1.165) is 23.2 Å².